The summed E-state index contributed by atoms with van der Waals surface area (Å²) in [7, 11) is 0. The van der Waals surface area contributed by atoms with Gasteiger partial charge in [-0.25, -0.2) is 4.39 Å². The molecule has 2 aromatic carbocycles. The Labute approximate surface area is 113 Å². The van der Waals surface area contributed by atoms with E-state index in [-0.39, 0.29) is 11.9 Å². The van der Waals surface area contributed by atoms with Crippen LogP contribution in [0.4, 0.5) is 10.1 Å². The van der Waals surface area contributed by atoms with Crippen LogP contribution in [0.1, 0.15) is 19.4 Å². The van der Waals surface area contributed by atoms with Crippen LogP contribution in [0, 0.1) is 5.82 Å². The van der Waals surface area contributed by atoms with Crippen molar-refractivity contribution in [2.24, 2.45) is 0 Å². The lowest BCUT2D eigenvalue weighted by atomic mass is 10.2. The smallest absolute Gasteiger partial charge is 0.124 e. The van der Waals surface area contributed by atoms with Gasteiger partial charge in [0.15, 0.2) is 0 Å². The quantitative estimate of drug-likeness (QED) is 0.867. The van der Waals surface area contributed by atoms with E-state index in [4.69, 9.17) is 4.74 Å². The monoisotopic (exact) mass is 259 g/mol. The molecule has 0 bridgehead atoms. The lowest BCUT2D eigenvalue weighted by molar-refractivity contribution is 0.240. The molecule has 0 saturated heterocycles. The number of hydrogen-bond donors (Lipinski definition) is 1. The van der Waals surface area contributed by atoms with Gasteiger partial charge in [0.25, 0.3) is 0 Å². The van der Waals surface area contributed by atoms with Crippen molar-refractivity contribution in [3.05, 3.63) is 59.9 Å². The van der Waals surface area contributed by atoms with E-state index in [1.54, 1.807) is 12.1 Å². The first-order valence-corrected chi connectivity index (χ1v) is 6.39. The Balaban J connectivity index is 2.04. The molecular weight excluding hydrogens is 241 g/mol. The number of hydrogen-bond acceptors (Lipinski definition) is 2. The summed E-state index contributed by atoms with van der Waals surface area (Å²) in [5.41, 5.74) is 1.97. The number of benzene rings is 2. The second-order valence-electron chi connectivity index (χ2n) is 4.63. The van der Waals surface area contributed by atoms with Gasteiger partial charge in [-0.3, -0.25) is 0 Å². The van der Waals surface area contributed by atoms with Crippen molar-refractivity contribution in [2.75, 3.05) is 5.32 Å². The fourth-order valence-corrected chi connectivity index (χ4v) is 1.78. The Morgan fingerprint density at radius 1 is 1.05 bits per heavy atom. The van der Waals surface area contributed by atoms with E-state index < -0.39 is 0 Å². The van der Waals surface area contributed by atoms with Gasteiger partial charge >= 0.3 is 0 Å². The van der Waals surface area contributed by atoms with Crippen molar-refractivity contribution in [2.45, 2.75) is 26.5 Å². The van der Waals surface area contributed by atoms with Gasteiger partial charge in [-0.2, -0.15) is 0 Å². The molecule has 0 heterocycles. The van der Waals surface area contributed by atoms with Crippen LogP contribution in [0.3, 0.4) is 0 Å². The first kappa shape index (κ1) is 13.4. The molecule has 0 radical (unpaired) electrons. The van der Waals surface area contributed by atoms with Crippen LogP contribution in [-0.2, 0) is 6.54 Å². The Bertz CT molecular complexity index is 523. The summed E-state index contributed by atoms with van der Waals surface area (Å²) in [4.78, 5) is 0. The Morgan fingerprint density at radius 3 is 2.42 bits per heavy atom. The van der Waals surface area contributed by atoms with Crippen LogP contribution in [0.25, 0.3) is 0 Å². The maximum atomic E-state index is 12.8. The highest BCUT2D eigenvalue weighted by atomic mass is 19.1. The number of rotatable bonds is 5. The summed E-state index contributed by atoms with van der Waals surface area (Å²) in [6.07, 6.45) is 0.145. The van der Waals surface area contributed by atoms with Crippen LogP contribution in [-0.4, -0.2) is 6.10 Å². The lowest BCUT2D eigenvalue weighted by Crippen LogP contribution is -2.09. The van der Waals surface area contributed by atoms with Crippen molar-refractivity contribution in [1.82, 2.24) is 0 Å². The SMILES string of the molecule is CC(C)Oc1ccccc1CNc1ccc(F)cc1. The van der Waals surface area contributed by atoms with Crippen LogP contribution in [0.15, 0.2) is 48.5 Å². The third-order valence-electron chi connectivity index (χ3n) is 2.66. The molecule has 0 unspecified atom stereocenters. The maximum absolute atomic E-state index is 12.8. The van der Waals surface area contributed by atoms with E-state index >= 15 is 0 Å². The summed E-state index contributed by atoms with van der Waals surface area (Å²) in [5, 5.41) is 3.26. The van der Waals surface area contributed by atoms with Crippen molar-refractivity contribution < 1.29 is 9.13 Å². The molecule has 0 amide bonds. The zero-order valence-corrected chi connectivity index (χ0v) is 11.2. The molecule has 0 aliphatic carbocycles. The molecule has 0 saturated carbocycles. The first-order chi connectivity index (χ1) is 9.15. The van der Waals surface area contributed by atoms with Gasteiger partial charge in [-0.05, 0) is 44.2 Å². The molecular formula is C16H18FNO. The maximum Gasteiger partial charge on any atom is 0.124 e. The third-order valence-corrected chi connectivity index (χ3v) is 2.66. The third kappa shape index (κ3) is 3.98. The largest absolute Gasteiger partial charge is 0.491 e. The van der Waals surface area contributed by atoms with E-state index in [1.165, 1.54) is 12.1 Å². The van der Waals surface area contributed by atoms with Gasteiger partial charge in [0.2, 0.25) is 0 Å². The van der Waals surface area contributed by atoms with Gasteiger partial charge in [-0.15, -0.1) is 0 Å². The molecule has 0 aliphatic rings. The van der Waals surface area contributed by atoms with E-state index in [0.29, 0.717) is 6.54 Å². The van der Waals surface area contributed by atoms with E-state index in [0.717, 1.165) is 17.0 Å². The number of anilines is 1. The molecule has 2 rings (SSSR count). The Hall–Kier alpha value is -2.03. The van der Waals surface area contributed by atoms with Gasteiger partial charge in [0, 0.05) is 17.8 Å². The number of nitrogens with one attached hydrogen (secondary N) is 1. The molecule has 0 fully saturated rings. The van der Waals surface area contributed by atoms with Crippen LogP contribution < -0.4 is 10.1 Å². The van der Waals surface area contributed by atoms with Gasteiger partial charge in [0.05, 0.1) is 6.10 Å². The minimum atomic E-state index is -0.228. The summed E-state index contributed by atoms with van der Waals surface area (Å²) in [6.45, 7) is 4.66. The molecule has 0 atom stereocenters. The molecule has 0 spiro atoms. The Morgan fingerprint density at radius 2 is 1.74 bits per heavy atom. The number of halogens is 1. The predicted octanol–water partition coefficient (Wildman–Crippen LogP) is 4.23. The average Bonchev–Trinajstić information content (AvgIpc) is 2.39. The highest BCUT2D eigenvalue weighted by Gasteiger charge is 2.04. The minimum absolute atomic E-state index is 0.145. The molecule has 1 N–H and O–H groups in total. The fraction of sp³-hybridized carbons (Fsp3) is 0.250. The number of para-hydroxylation sites is 1. The summed E-state index contributed by atoms with van der Waals surface area (Å²) < 4.78 is 18.6. The zero-order chi connectivity index (χ0) is 13.7. The van der Waals surface area contributed by atoms with Crippen LogP contribution in [0.5, 0.6) is 5.75 Å². The van der Waals surface area contributed by atoms with Crippen molar-refractivity contribution >= 4 is 5.69 Å². The highest BCUT2D eigenvalue weighted by molar-refractivity contribution is 5.45. The van der Waals surface area contributed by atoms with E-state index in [1.807, 2.05) is 38.1 Å². The molecule has 0 aromatic heterocycles. The minimum Gasteiger partial charge on any atom is -0.491 e. The van der Waals surface area contributed by atoms with Gasteiger partial charge in [-0.1, -0.05) is 18.2 Å². The van der Waals surface area contributed by atoms with Crippen molar-refractivity contribution in [3.8, 4) is 5.75 Å². The average molecular weight is 259 g/mol. The Kier molecular flexibility index (Phi) is 4.39. The van der Waals surface area contributed by atoms with Gasteiger partial charge in [0.1, 0.15) is 11.6 Å². The molecule has 2 nitrogen and oxygen atoms in total. The molecule has 100 valence electrons. The number of ether oxygens (including phenoxy) is 1. The highest BCUT2D eigenvalue weighted by Crippen LogP contribution is 2.20. The van der Waals surface area contributed by atoms with E-state index in [2.05, 4.69) is 5.32 Å². The second kappa shape index (κ2) is 6.23. The molecule has 2 aromatic rings. The standard InChI is InChI=1S/C16H18FNO/c1-12(2)19-16-6-4-3-5-13(16)11-18-15-9-7-14(17)8-10-15/h3-10,12,18H,11H2,1-2H3. The summed E-state index contributed by atoms with van der Waals surface area (Å²) in [5.74, 6) is 0.654. The first-order valence-electron chi connectivity index (χ1n) is 6.39. The van der Waals surface area contributed by atoms with Crippen LogP contribution in [0.2, 0.25) is 0 Å². The van der Waals surface area contributed by atoms with Crippen molar-refractivity contribution in [3.63, 3.8) is 0 Å². The second-order valence-corrected chi connectivity index (χ2v) is 4.63. The summed E-state index contributed by atoms with van der Waals surface area (Å²) in [6, 6.07) is 14.3. The normalized spacial score (nSPS) is 10.5. The van der Waals surface area contributed by atoms with Gasteiger partial charge < -0.3 is 10.1 Å². The zero-order valence-electron chi connectivity index (χ0n) is 11.2. The summed E-state index contributed by atoms with van der Waals surface area (Å²) >= 11 is 0. The predicted molar refractivity (Wildman–Crippen MR) is 75.9 cm³/mol. The molecule has 19 heavy (non-hydrogen) atoms. The fourth-order valence-electron chi connectivity index (χ4n) is 1.78. The molecule has 3 heteroatoms. The lowest BCUT2D eigenvalue weighted by Gasteiger charge is -2.15. The van der Waals surface area contributed by atoms with Crippen LogP contribution >= 0.6 is 0 Å². The molecule has 0 aliphatic heterocycles. The van der Waals surface area contributed by atoms with Crippen molar-refractivity contribution in [1.29, 1.82) is 0 Å². The topological polar surface area (TPSA) is 21.3 Å². The van der Waals surface area contributed by atoms with E-state index in [9.17, 15) is 4.39 Å².